The SMILES string of the molecule is CCN(CC(C)C#N)C(=O)c1cncc(NN)n1. The van der Waals surface area contributed by atoms with Crippen molar-refractivity contribution in [2.75, 3.05) is 18.5 Å². The number of nitrogen functional groups attached to an aromatic ring is 1. The standard InChI is InChI=1S/C11H16N6O/c1-3-17(7-8(2)4-12)11(18)9-5-14-6-10(15-9)16-13/h5-6,8H,3,7,13H2,1-2H3,(H,15,16). The predicted molar refractivity (Wildman–Crippen MR) is 66.2 cm³/mol. The number of nitrogens with two attached hydrogens (primary N) is 1. The average Bonchev–Trinajstić information content (AvgIpc) is 2.43. The zero-order chi connectivity index (χ0) is 13.5. The molecule has 0 aromatic carbocycles. The number of carbonyl (C=O) groups excluding carboxylic acids is 1. The first-order valence-corrected chi connectivity index (χ1v) is 5.59. The summed E-state index contributed by atoms with van der Waals surface area (Å²) in [5.74, 6) is 5.05. The minimum absolute atomic E-state index is 0.206. The summed E-state index contributed by atoms with van der Waals surface area (Å²) in [4.78, 5) is 21.6. The van der Waals surface area contributed by atoms with Crippen LogP contribution in [0.3, 0.4) is 0 Å². The van der Waals surface area contributed by atoms with Gasteiger partial charge in [-0.1, -0.05) is 0 Å². The van der Waals surface area contributed by atoms with Crippen LogP contribution in [0.25, 0.3) is 0 Å². The molecule has 18 heavy (non-hydrogen) atoms. The lowest BCUT2D eigenvalue weighted by Gasteiger charge is -2.21. The van der Waals surface area contributed by atoms with E-state index in [1.54, 1.807) is 11.8 Å². The maximum absolute atomic E-state index is 12.1. The van der Waals surface area contributed by atoms with Crippen molar-refractivity contribution >= 4 is 11.7 Å². The molecule has 1 heterocycles. The van der Waals surface area contributed by atoms with Crippen molar-refractivity contribution < 1.29 is 4.79 Å². The molecule has 7 heteroatoms. The maximum Gasteiger partial charge on any atom is 0.274 e. The zero-order valence-electron chi connectivity index (χ0n) is 10.4. The van der Waals surface area contributed by atoms with Crippen molar-refractivity contribution in [1.29, 1.82) is 5.26 Å². The summed E-state index contributed by atoms with van der Waals surface area (Å²) in [5, 5.41) is 8.77. The van der Waals surface area contributed by atoms with Gasteiger partial charge < -0.3 is 10.3 Å². The maximum atomic E-state index is 12.1. The molecule has 0 aliphatic heterocycles. The Morgan fingerprint density at radius 1 is 1.67 bits per heavy atom. The van der Waals surface area contributed by atoms with E-state index in [9.17, 15) is 4.79 Å². The Morgan fingerprint density at radius 2 is 2.39 bits per heavy atom. The van der Waals surface area contributed by atoms with Crippen LogP contribution in [-0.2, 0) is 0 Å². The summed E-state index contributed by atoms with van der Waals surface area (Å²) in [7, 11) is 0. The fourth-order valence-electron chi connectivity index (χ4n) is 1.43. The van der Waals surface area contributed by atoms with Crippen LogP contribution >= 0.6 is 0 Å². The highest BCUT2D eigenvalue weighted by Gasteiger charge is 2.18. The first-order valence-electron chi connectivity index (χ1n) is 5.59. The van der Waals surface area contributed by atoms with Gasteiger partial charge >= 0.3 is 0 Å². The van der Waals surface area contributed by atoms with Crippen molar-refractivity contribution in [1.82, 2.24) is 14.9 Å². The van der Waals surface area contributed by atoms with Crippen LogP contribution < -0.4 is 11.3 Å². The van der Waals surface area contributed by atoms with E-state index in [2.05, 4.69) is 21.5 Å². The van der Waals surface area contributed by atoms with Crippen molar-refractivity contribution in [3.05, 3.63) is 18.1 Å². The molecule has 0 aliphatic carbocycles. The lowest BCUT2D eigenvalue weighted by atomic mass is 10.2. The molecule has 0 aliphatic rings. The van der Waals surface area contributed by atoms with Gasteiger partial charge in [0, 0.05) is 13.1 Å². The zero-order valence-corrected chi connectivity index (χ0v) is 10.4. The molecule has 0 spiro atoms. The number of carbonyl (C=O) groups is 1. The second-order valence-electron chi connectivity index (χ2n) is 3.81. The summed E-state index contributed by atoms with van der Waals surface area (Å²) in [5.41, 5.74) is 2.54. The van der Waals surface area contributed by atoms with Gasteiger partial charge in [0.25, 0.3) is 5.91 Å². The number of nitrogens with zero attached hydrogens (tertiary/aromatic N) is 4. The van der Waals surface area contributed by atoms with E-state index < -0.39 is 0 Å². The van der Waals surface area contributed by atoms with Crippen LogP contribution in [0.5, 0.6) is 0 Å². The number of rotatable bonds is 5. The van der Waals surface area contributed by atoms with E-state index in [0.717, 1.165) is 0 Å². The molecule has 0 bridgehead atoms. The fourth-order valence-corrected chi connectivity index (χ4v) is 1.43. The quantitative estimate of drug-likeness (QED) is 0.576. The van der Waals surface area contributed by atoms with E-state index in [1.807, 2.05) is 6.92 Å². The number of hydrogen-bond acceptors (Lipinski definition) is 6. The lowest BCUT2D eigenvalue weighted by Crippen LogP contribution is -2.35. The predicted octanol–water partition coefficient (Wildman–Crippen LogP) is 0.384. The molecule has 0 saturated heterocycles. The topological polar surface area (TPSA) is 108 Å². The normalized spacial score (nSPS) is 11.4. The third-order valence-electron chi connectivity index (χ3n) is 2.39. The molecule has 0 radical (unpaired) electrons. The van der Waals surface area contributed by atoms with Crippen LogP contribution in [0.2, 0.25) is 0 Å². The van der Waals surface area contributed by atoms with Gasteiger partial charge in [-0.05, 0) is 13.8 Å². The van der Waals surface area contributed by atoms with Crippen molar-refractivity contribution in [3.63, 3.8) is 0 Å². The number of hydrazine groups is 1. The van der Waals surface area contributed by atoms with Gasteiger partial charge in [-0.2, -0.15) is 5.26 Å². The minimum Gasteiger partial charge on any atom is -0.336 e. The van der Waals surface area contributed by atoms with E-state index in [-0.39, 0.29) is 17.5 Å². The van der Waals surface area contributed by atoms with Crippen LogP contribution in [0, 0.1) is 17.2 Å². The minimum atomic E-state index is -0.260. The van der Waals surface area contributed by atoms with Gasteiger partial charge in [0.05, 0.1) is 24.4 Å². The van der Waals surface area contributed by atoms with E-state index >= 15 is 0 Å². The Morgan fingerprint density at radius 3 is 2.94 bits per heavy atom. The molecule has 0 saturated carbocycles. The van der Waals surface area contributed by atoms with Crippen LogP contribution in [0.4, 0.5) is 5.82 Å². The summed E-state index contributed by atoms with van der Waals surface area (Å²) in [6.07, 6.45) is 2.80. The molecule has 1 amide bonds. The fraction of sp³-hybridized carbons (Fsp3) is 0.455. The highest BCUT2D eigenvalue weighted by Crippen LogP contribution is 2.07. The molecule has 96 valence electrons. The molecule has 0 fully saturated rings. The Bertz CT molecular complexity index is 455. The lowest BCUT2D eigenvalue weighted by molar-refractivity contribution is 0.0746. The first kappa shape index (κ1) is 13.9. The second kappa shape index (κ2) is 6.51. The molecular formula is C11H16N6O. The Kier molecular flexibility index (Phi) is 5.02. The summed E-state index contributed by atoms with van der Waals surface area (Å²) in [6, 6.07) is 2.10. The van der Waals surface area contributed by atoms with Gasteiger partial charge in [0.2, 0.25) is 0 Å². The Balaban J connectivity index is 2.86. The van der Waals surface area contributed by atoms with Crippen molar-refractivity contribution in [3.8, 4) is 6.07 Å². The number of aromatic nitrogens is 2. The monoisotopic (exact) mass is 248 g/mol. The number of nitrogens with one attached hydrogen (secondary N) is 1. The van der Waals surface area contributed by atoms with Gasteiger partial charge in [-0.25, -0.2) is 10.8 Å². The average molecular weight is 248 g/mol. The van der Waals surface area contributed by atoms with Gasteiger partial charge in [-0.15, -0.1) is 0 Å². The third-order valence-corrected chi connectivity index (χ3v) is 2.39. The Hall–Kier alpha value is -2.20. The van der Waals surface area contributed by atoms with E-state index in [1.165, 1.54) is 12.4 Å². The molecule has 3 N–H and O–H groups in total. The number of hydrogen-bond donors (Lipinski definition) is 2. The van der Waals surface area contributed by atoms with Crippen LogP contribution in [0.1, 0.15) is 24.3 Å². The molecular weight excluding hydrogens is 232 g/mol. The number of nitriles is 1. The second-order valence-corrected chi connectivity index (χ2v) is 3.81. The highest BCUT2D eigenvalue weighted by atomic mass is 16.2. The first-order chi connectivity index (χ1) is 8.62. The molecule has 1 aromatic rings. The molecule has 1 aromatic heterocycles. The molecule has 1 atom stereocenters. The van der Waals surface area contributed by atoms with Crippen molar-refractivity contribution in [2.45, 2.75) is 13.8 Å². The van der Waals surface area contributed by atoms with E-state index in [0.29, 0.717) is 18.9 Å². The van der Waals surface area contributed by atoms with Gasteiger partial charge in [0.1, 0.15) is 5.69 Å². The smallest absolute Gasteiger partial charge is 0.274 e. The third kappa shape index (κ3) is 3.40. The highest BCUT2D eigenvalue weighted by molar-refractivity contribution is 5.92. The van der Waals surface area contributed by atoms with Crippen LogP contribution in [-0.4, -0.2) is 33.9 Å². The molecule has 1 unspecified atom stereocenters. The molecule has 7 nitrogen and oxygen atoms in total. The number of amides is 1. The van der Waals surface area contributed by atoms with E-state index in [4.69, 9.17) is 11.1 Å². The summed E-state index contributed by atoms with van der Waals surface area (Å²) in [6.45, 7) is 4.49. The summed E-state index contributed by atoms with van der Waals surface area (Å²) < 4.78 is 0. The summed E-state index contributed by atoms with van der Waals surface area (Å²) >= 11 is 0. The number of anilines is 1. The van der Waals surface area contributed by atoms with Crippen LogP contribution in [0.15, 0.2) is 12.4 Å². The molecule has 1 rings (SSSR count). The van der Waals surface area contributed by atoms with Crippen molar-refractivity contribution in [2.24, 2.45) is 11.8 Å². The Labute approximate surface area is 106 Å². The largest absolute Gasteiger partial charge is 0.336 e. The van der Waals surface area contributed by atoms with Gasteiger partial charge in [-0.3, -0.25) is 9.78 Å². The van der Waals surface area contributed by atoms with Gasteiger partial charge in [0.15, 0.2) is 5.82 Å².